The van der Waals surface area contributed by atoms with Crippen LogP contribution in [0.4, 0.5) is 0 Å². The average molecular weight is 333 g/mol. The lowest BCUT2D eigenvalue weighted by Gasteiger charge is -2.31. The molecule has 3 heteroatoms. The third-order valence-electron chi connectivity index (χ3n) is 5.44. The molecule has 3 aromatic rings. The number of aryl methyl sites for hydroxylation is 1. The number of para-hydroxylation sites is 2. The first kappa shape index (κ1) is 16.3. The molecule has 1 aromatic heterocycles. The zero-order valence-corrected chi connectivity index (χ0v) is 14.8. The van der Waals surface area contributed by atoms with Crippen molar-refractivity contribution in [2.45, 2.75) is 38.6 Å². The van der Waals surface area contributed by atoms with Crippen molar-refractivity contribution in [2.75, 3.05) is 13.1 Å². The third kappa shape index (κ3) is 4.29. The molecule has 0 amide bonds. The number of imidazole rings is 1. The monoisotopic (exact) mass is 333 g/mol. The van der Waals surface area contributed by atoms with Crippen molar-refractivity contribution in [3.05, 3.63) is 66.0 Å². The fourth-order valence-corrected chi connectivity index (χ4v) is 3.97. The van der Waals surface area contributed by atoms with Crippen LogP contribution in [0, 0.1) is 5.92 Å². The predicted molar refractivity (Wildman–Crippen MR) is 103 cm³/mol. The Morgan fingerprint density at radius 2 is 1.72 bits per heavy atom. The van der Waals surface area contributed by atoms with Gasteiger partial charge in [0.1, 0.15) is 5.82 Å². The van der Waals surface area contributed by atoms with Crippen LogP contribution in [0.15, 0.2) is 54.6 Å². The van der Waals surface area contributed by atoms with Gasteiger partial charge in [0.25, 0.3) is 0 Å². The van der Waals surface area contributed by atoms with E-state index in [0.29, 0.717) is 0 Å². The van der Waals surface area contributed by atoms with Crippen LogP contribution in [0.2, 0.25) is 0 Å². The second-order valence-corrected chi connectivity index (χ2v) is 7.30. The molecule has 1 aliphatic heterocycles. The van der Waals surface area contributed by atoms with Crippen LogP contribution >= 0.6 is 0 Å². The Bertz CT molecular complexity index is 752. The van der Waals surface area contributed by atoms with Gasteiger partial charge in [0.2, 0.25) is 0 Å². The maximum absolute atomic E-state index is 4.71. The molecule has 0 spiro atoms. The molecule has 0 unspecified atom stereocenters. The molecule has 0 radical (unpaired) electrons. The molecule has 0 bridgehead atoms. The van der Waals surface area contributed by atoms with Gasteiger partial charge in [-0.05, 0) is 62.4 Å². The lowest BCUT2D eigenvalue weighted by molar-refractivity contribution is 0.168. The zero-order valence-electron chi connectivity index (χ0n) is 14.8. The van der Waals surface area contributed by atoms with Crippen LogP contribution in [0.25, 0.3) is 11.0 Å². The number of hydrogen-bond acceptors (Lipinski definition) is 2. The molecule has 1 aliphatic rings. The summed E-state index contributed by atoms with van der Waals surface area (Å²) >= 11 is 0. The third-order valence-corrected chi connectivity index (χ3v) is 5.44. The van der Waals surface area contributed by atoms with E-state index in [1.54, 1.807) is 0 Å². The number of aromatic nitrogens is 2. The van der Waals surface area contributed by atoms with Crippen LogP contribution in [0.3, 0.4) is 0 Å². The van der Waals surface area contributed by atoms with E-state index in [4.69, 9.17) is 4.98 Å². The van der Waals surface area contributed by atoms with Crippen molar-refractivity contribution in [2.24, 2.45) is 5.92 Å². The number of nitrogens with one attached hydrogen (secondary N) is 1. The first-order valence-corrected chi connectivity index (χ1v) is 9.57. The first-order valence-electron chi connectivity index (χ1n) is 9.57. The summed E-state index contributed by atoms with van der Waals surface area (Å²) in [6.07, 6.45) is 6.57. The predicted octanol–water partition coefficient (Wildman–Crippen LogP) is 4.80. The molecule has 4 rings (SSSR count). The summed E-state index contributed by atoms with van der Waals surface area (Å²) < 4.78 is 0. The summed E-state index contributed by atoms with van der Waals surface area (Å²) in [5.74, 6) is 2.00. The first-order chi connectivity index (χ1) is 12.4. The number of benzene rings is 2. The highest BCUT2D eigenvalue weighted by atomic mass is 15.2. The van der Waals surface area contributed by atoms with Gasteiger partial charge in [-0.25, -0.2) is 4.98 Å². The Hall–Kier alpha value is -2.13. The highest BCUT2D eigenvalue weighted by Gasteiger charge is 2.19. The Morgan fingerprint density at radius 1 is 0.960 bits per heavy atom. The van der Waals surface area contributed by atoms with Gasteiger partial charge in [0, 0.05) is 0 Å². The zero-order chi connectivity index (χ0) is 16.9. The number of fused-ring (bicyclic) bond motifs is 1. The van der Waals surface area contributed by atoms with Gasteiger partial charge in [-0.3, -0.25) is 4.90 Å². The molecule has 0 saturated carbocycles. The van der Waals surface area contributed by atoms with E-state index in [0.717, 1.165) is 29.3 Å². The highest BCUT2D eigenvalue weighted by molar-refractivity contribution is 5.74. The Kier molecular flexibility index (Phi) is 5.12. The molecule has 1 saturated heterocycles. The smallest absolute Gasteiger partial charge is 0.121 e. The molecular weight excluding hydrogens is 306 g/mol. The van der Waals surface area contributed by atoms with E-state index in [2.05, 4.69) is 58.4 Å². The molecular formula is C22H27N3. The molecule has 2 heterocycles. The van der Waals surface area contributed by atoms with Gasteiger partial charge in [0.15, 0.2) is 0 Å². The van der Waals surface area contributed by atoms with E-state index in [9.17, 15) is 0 Å². The van der Waals surface area contributed by atoms with Crippen molar-refractivity contribution in [3.8, 4) is 0 Å². The number of hydrogen-bond donors (Lipinski definition) is 1. The lowest BCUT2D eigenvalue weighted by atomic mass is 9.91. The van der Waals surface area contributed by atoms with Crippen LogP contribution in [0.1, 0.15) is 37.1 Å². The van der Waals surface area contributed by atoms with Gasteiger partial charge in [0.05, 0.1) is 17.6 Å². The standard InChI is InChI=1S/C22H27N3/c1-2-7-18(8-3-1)9-6-10-19-13-15-25(16-14-19)17-22-23-20-11-4-5-12-21(20)24-22/h1-5,7-8,11-12,19H,6,9-10,13-17H2,(H,23,24). The van der Waals surface area contributed by atoms with Crippen molar-refractivity contribution in [3.63, 3.8) is 0 Å². The van der Waals surface area contributed by atoms with E-state index in [-0.39, 0.29) is 0 Å². The molecule has 25 heavy (non-hydrogen) atoms. The Balaban J connectivity index is 1.21. The summed E-state index contributed by atoms with van der Waals surface area (Å²) in [4.78, 5) is 10.7. The number of rotatable bonds is 6. The topological polar surface area (TPSA) is 31.9 Å². The van der Waals surface area contributed by atoms with Gasteiger partial charge >= 0.3 is 0 Å². The molecule has 0 aliphatic carbocycles. The minimum atomic E-state index is 0.899. The molecule has 1 fully saturated rings. The summed E-state index contributed by atoms with van der Waals surface area (Å²) in [7, 11) is 0. The van der Waals surface area contributed by atoms with Gasteiger partial charge < -0.3 is 4.98 Å². The fraction of sp³-hybridized carbons (Fsp3) is 0.409. The summed E-state index contributed by atoms with van der Waals surface area (Å²) in [5.41, 5.74) is 3.70. The van der Waals surface area contributed by atoms with E-state index >= 15 is 0 Å². The molecule has 3 nitrogen and oxygen atoms in total. The SMILES string of the molecule is c1ccc(CCCC2CCN(Cc3nc4ccccc4[nH]3)CC2)cc1. The van der Waals surface area contributed by atoms with E-state index in [1.165, 1.54) is 50.8 Å². The highest BCUT2D eigenvalue weighted by Crippen LogP contribution is 2.24. The number of piperidine rings is 1. The second-order valence-electron chi connectivity index (χ2n) is 7.30. The van der Waals surface area contributed by atoms with E-state index in [1.807, 2.05) is 6.07 Å². The van der Waals surface area contributed by atoms with Crippen molar-refractivity contribution >= 4 is 11.0 Å². The molecule has 1 N–H and O–H groups in total. The average Bonchev–Trinajstić information content (AvgIpc) is 3.06. The maximum atomic E-state index is 4.71. The number of likely N-dealkylation sites (tertiary alicyclic amines) is 1. The second kappa shape index (κ2) is 7.83. The summed E-state index contributed by atoms with van der Waals surface area (Å²) in [6.45, 7) is 3.35. The molecule has 0 atom stereocenters. The van der Waals surface area contributed by atoms with Crippen LogP contribution in [-0.4, -0.2) is 28.0 Å². The van der Waals surface area contributed by atoms with Gasteiger partial charge in [-0.1, -0.05) is 48.9 Å². The lowest BCUT2D eigenvalue weighted by Crippen LogP contribution is -2.33. The van der Waals surface area contributed by atoms with Crippen LogP contribution in [-0.2, 0) is 13.0 Å². The molecule has 130 valence electrons. The Labute approximate surface area is 150 Å². The fourth-order valence-electron chi connectivity index (χ4n) is 3.97. The normalized spacial score (nSPS) is 16.5. The minimum absolute atomic E-state index is 0.899. The number of nitrogens with zero attached hydrogens (tertiary/aromatic N) is 2. The van der Waals surface area contributed by atoms with Gasteiger partial charge in [-0.15, -0.1) is 0 Å². The minimum Gasteiger partial charge on any atom is -0.341 e. The molecule has 2 aromatic carbocycles. The summed E-state index contributed by atoms with van der Waals surface area (Å²) in [5, 5.41) is 0. The van der Waals surface area contributed by atoms with Crippen LogP contribution in [0.5, 0.6) is 0 Å². The largest absolute Gasteiger partial charge is 0.341 e. The van der Waals surface area contributed by atoms with Crippen LogP contribution < -0.4 is 0 Å². The maximum Gasteiger partial charge on any atom is 0.121 e. The number of H-pyrrole nitrogens is 1. The van der Waals surface area contributed by atoms with Crippen molar-refractivity contribution in [1.82, 2.24) is 14.9 Å². The van der Waals surface area contributed by atoms with E-state index < -0.39 is 0 Å². The quantitative estimate of drug-likeness (QED) is 0.703. The van der Waals surface area contributed by atoms with Gasteiger partial charge in [-0.2, -0.15) is 0 Å². The number of aromatic amines is 1. The summed E-state index contributed by atoms with van der Waals surface area (Å²) in [6, 6.07) is 19.2. The van der Waals surface area contributed by atoms with Crippen molar-refractivity contribution in [1.29, 1.82) is 0 Å². The Morgan fingerprint density at radius 3 is 2.52 bits per heavy atom. The van der Waals surface area contributed by atoms with Crippen molar-refractivity contribution < 1.29 is 0 Å².